The molecule has 0 unspecified atom stereocenters. The lowest BCUT2D eigenvalue weighted by Crippen LogP contribution is -2.09. The summed E-state index contributed by atoms with van der Waals surface area (Å²) in [5.74, 6) is 0.905. The van der Waals surface area contributed by atoms with E-state index in [2.05, 4.69) is 27.7 Å². The van der Waals surface area contributed by atoms with Gasteiger partial charge in [0.1, 0.15) is 10.8 Å². The molecule has 0 radical (unpaired) electrons. The van der Waals surface area contributed by atoms with Gasteiger partial charge in [0, 0.05) is 17.6 Å². The van der Waals surface area contributed by atoms with E-state index in [9.17, 15) is 0 Å². The topological polar surface area (TPSA) is 68.8 Å². The molecule has 0 aromatic carbocycles. The summed E-state index contributed by atoms with van der Waals surface area (Å²) in [7, 11) is 0. The molecule has 6 heteroatoms. The smallest absolute Gasteiger partial charge is 0.148 e. The number of nitrogens with one attached hydrogen (secondary N) is 1. The van der Waals surface area contributed by atoms with Gasteiger partial charge in [-0.3, -0.25) is 0 Å². The lowest BCUT2D eigenvalue weighted by atomic mass is 10.4. The fourth-order valence-electron chi connectivity index (χ4n) is 1.80. The maximum Gasteiger partial charge on any atom is 0.148 e. The summed E-state index contributed by atoms with van der Waals surface area (Å²) in [6, 6.07) is 0. The molecule has 0 aliphatic rings. The third kappa shape index (κ3) is 2.64. The average Bonchev–Trinajstić information content (AvgIpc) is 2.84. The second kappa shape index (κ2) is 5.39. The Morgan fingerprint density at radius 3 is 2.83 bits per heavy atom. The molecule has 0 fully saturated rings. The molecule has 2 aromatic heterocycles. The van der Waals surface area contributed by atoms with Gasteiger partial charge in [0.2, 0.25) is 0 Å². The molecule has 0 aliphatic carbocycles. The number of aromatic nitrogens is 3. The standard InChI is InChI=1S/C12H19N5S/c1-4-5-17-12(11(13)9(3)16-17)14-6-10-15-8(2)7-18-10/h7,14H,4-6,13H2,1-3H3. The van der Waals surface area contributed by atoms with Crippen LogP contribution in [0.3, 0.4) is 0 Å². The molecule has 5 nitrogen and oxygen atoms in total. The lowest BCUT2D eigenvalue weighted by Gasteiger charge is -2.08. The molecule has 0 saturated heterocycles. The van der Waals surface area contributed by atoms with Crippen LogP contribution in [-0.4, -0.2) is 14.8 Å². The Kier molecular flexibility index (Phi) is 3.86. The van der Waals surface area contributed by atoms with Crippen LogP contribution in [0.15, 0.2) is 5.38 Å². The van der Waals surface area contributed by atoms with Crippen molar-refractivity contribution in [2.45, 2.75) is 40.3 Å². The van der Waals surface area contributed by atoms with Crippen molar-refractivity contribution in [3.63, 3.8) is 0 Å². The molecular formula is C12H19N5S. The van der Waals surface area contributed by atoms with Crippen molar-refractivity contribution in [2.75, 3.05) is 11.1 Å². The molecule has 2 rings (SSSR count). The van der Waals surface area contributed by atoms with E-state index in [1.54, 1.807) is 11.3 Å². The predicted molar refractivity (Wildman–Crippen MR) is 75.8 cm³/mol. The van der Waals surface area contributed by atoms with Crippen molar-refractivity contribution in [1.29, 1.82) is 0 Å². The summed E-state index contributed by atoms with van der Waals surface area (Å²) < 4.78 is 1.94. The third-order valence-electron chi connectivity index (χ3n) is 2.68. The predicted octanol–water partition coefficient (Wildman–Crippen LogP) is 2.56. The Hall–Kier alpha value is -1.56. The van der Waals surface area contributed by atoms with E-state index in [4.69, 9.17) is 5.73 Å². The van der Waals surface area contributed by atoms with E-state index in [1.165, 1.54) is 0 Å². The number of hydrogen-bond donors (Lipinski definition) is 2. The van der Waals surface area contributed by atoms with Crippen LogP contribution >= 0.6 is 11.3 Å². The van der Waals surface area contributed by atoms with Gasteiger partial charge < -0.3 is 11.1 Å². The van der Waals surface area contributed by atoms with Crippen LogP contribution in [0.2, 0.25) is 0 Å². The summed E-state index contributed by atoms with van der Waals surface area (Å²) in [6.07, 6.45) is 1.03. The lowest BCUT2D eigenvalue weighted by molar-refractivity contribution is 0.602. The van der Waals surface area contributed by atoms with Crippen LogP contribution < -0.4 is 11.1 Å². The summed E-state index contributed by atoms with van der Waals surface area (Å²) in [4.78, 5) is 4.42. The number of hydrogen-bond acceptors (Lipinski definition) is 5. The normalized spacial score (nSPS) is 10.8. The first-order valence-corrected chi connectivity index (χ1v) is 6.97. The second-order valence-corrected chi connectivity index (χ2v) is 5.25. The summed E-state index contributed by atoms with van der Waals surface area (Å²) in [5.41, 5.74) is 8.71. The molecule has 0 aliphatic heterocycles. The first kappa shape index (κ1) is 12.9. The average molecular weight is 265 g/mol. The number of nitrogens with zero attached hydrogens (tertiary/aromatic N) is 3. The van der Waals surface area contributed by atoms with Gasteiger partial charge in [0.05, 0.1) is 17.9 Å². The highest BCUT2D eigenvalue weighted by atomic mass is 32.1. The monoisotopic (exact) mass is 265 g/mol. The number of nitrogens with two attached hydrogens (primary N) is 1. The fourth-order valence-corrected chi connectivity index (χ4v) is 2.51. The summed E-state index contributed by atoms with van der Waals surface area (Å²) >= 11 is 1.66. The Balaban J connectivity index is 2.12. The molecule has 3 N–H and O–H groups in total. The number of rotatable bonds is 5. The van der Waals surface area contributed by atoms with Crippen molar-refractivity contribution in [1.82, 2.24) is 14.8 Å². The number of thiazole rings is 1. The zero-order valence-electron chi connectivity index (χ0n) is 11.0. The van der Waals surface area contributed by atoms with E-state index in [0.717, 1.165) is 40.9 Å². The van der Waals surface area contributed by atoms with Crippen molar-refractivity contribution in [2.24, 2.45) is 0 Å². The van der Waals surface area contributed by atoms with Gasteiger partial charge >= 0.3 is 0 Å². The maximum absolute atomic E-state index is 6.04. The minimum absolute atomic E-state index is 0.692. The van der Waals surface area contributed by atoms with Crippen LogP contribution in [0.4, 0.5) is 11.5 Å². The van der Waals surface area contributed by atoms with Crippen LogP contribution in [0.5, 0.6) is 0 Å². The van der Waals surface area contributed by atoms with Gasteiger partial charge in [-0.1, -0.05) is 6.92 Å². The molecule has 98 valence electrons. The molecule has 2 aromatic rings. The van der Waals surface area contributed by atoms with Crippen LogP contribution in [0, 0.1) is 13.8 Å². The summed E-state index contributed by atoms with van der Waals surface area (Å²) in [5, 5.41) is 10.9. The highest BCUT2D eigenvalue weighted by Gasteiger charge is 2.12. The largest absolute Gasteiger partial charge is 0.394 e. The van der Waals surface area contributed by atoms with E-state index < -0.39 is 0 Å². The quantitative estimate of drug-likeness (QED) is 0.871. The minimum Gasteiger partial charge on any atom is -0.394 e. The van der Waals surface area contributed by atoms with Gasteiger partial charge in [-0.15, -0.1) is 11.3 Å². The van der Waals surface area contributed by atoms with Crippen LogP contribution in [-0.2, 0) is 13.1 Å². The van der Waals surface area contributed by atoms with Crippen molar-refractivity contribution >= 4 is 22.8 Å². The first-order valence-electron chi connectivity index (χ1n) is 6.09. The zero-order chi connectivity index (χ0) is 13.1. The van der Waals surface area contributed by atoms with Crippen molar-refractivity contribution in [3.05, 3.63) is 21.8 Å². The molecular weight excluding hydrogens is 246 g/mol. The number of nitrogen functional groups attached to an aromatic ring is 1. The maximum atomic E-state index is 6.04. The van der Waals surface area contributed by atoms with Gasteiger partial charge in [0.25, 0.3) is 0 Å². The van der Waals surface area contributed by atoms with Crippen LogP contribution in [0.25, 0.3) is 0 Å². The van der Waals surface area contributed by atoms with Gasteiger partial charge in [-0.25, -0.2) is 9.67 Å². The van der Waals surface area contributed by atoms with Crippen molar-refractivity contribution in [3.8, 4) is 0 Å². The molecule has 2 heterocycles. The van der Waals surface area contributed by atoms with Gasteiger partial charge in [-0.2, -0.15) is 5.10 Å². The van der Waals surface area contributed by atoms with Gasteiger partial charge in [0.15, 0.2) is 0 Å². The SMILES string of the molecule is CCCn1nc(C)c(N)c1NCc1nc(C)cs1. The van der Waals surface area contributed by atoms with Gasteiger partial charge in [-0.05, 0) is 20.3 Å². The Labute approximate surface area is 111 Å². The number of aryl methyl sites for hydroxylation is 3. The number of anilines is 2. The molecule has 0 saturated carbocycles. The van der Waals surface area contributed by atoms with Crippen LogP contribution in [0.1, 0.15) is 29.7 Å². The zero-order valence-corrected chi connectivity index (χ0v) is 11.8. The van der Waals surface area contributed by atoms with Crippen molar-refractivity contribution < 1.29 is 0 Å². The molecule has 0 atom stereocenters. The van der Waals surface area contributed by atoms with E-state index >= 15 is 0 Å². The summed E-state index contributed by atoms with van der Waals surface area (Å²) in [6.45, 7) is 7.62. The highest BCUT2D eigenvalue weighted by molar-refractivity contribution is 7.09. The first-order chi connectivity index (χ1) is 8.61. The Morgan fingerprint density at radius 2 is 2.22 bits per heavy atom. The third-order valence-corrected chi connectivity index (χ3v) is 3.65. The molecule has 0 bridgehead atoms. The molecule has 0 amide bonds. The Bertz CT molecular complexity index is 529. The highest BCUT2D eigenvalue weighted by Crippen LogP contribution is 2.23. The van der Waals surface area contributed by atoms with E-state index in [0.29, 0.717) is 6.54 Å². The Morgan fingerprint density at radius 1 is 1.44 bits per heavy atom. The van der Waals surface area contributed by atoms with E-state index in [1.807, 2.05) is 18.5 Å². The fraction of sp³-hybridized carbons (Fsp3) is 0.500. The minimum atomic E-state index is 0.692. The molecule has 18 heavy (non-hydrogen) atoms. The molecule has 0 spiro atoms. The second-order valence-electron chi connectivity index (χ2n) is 4.31. The van der Waals surface area contributed by atoms with E-state index in [-0.39, 0.29) is 0 Å².